The van der Waals surface area contributed by atoms with E-state index >= 15 is 0 Å². The average Bonchev–Trinajstić information content (AvgIpc) is 2.94. The van der Waals surface area contributed by atoms with Gasteiger partial charge in [0.15, 0.2) is 0 Å². The Hall–Kier alpha value is -1.20. The van der Waals surface area contributed by atoms with E-state index in [1.165, 1.54) is 24.1 Å². The third-order valence-corrected chi connectivity index (χ3v) is 4.35. The molecule has 1 unspecified atom stereocenters. The molecule has 1 aromatic rings. The fourth-order valence-electron chi connectivity index (χ4n) is 3.12. The molecule has 5 heteroatoms. The summed E-state index contributed by atoms with van der Waals surface area (Å²) < 4.78 is 0. The summed E-state index contributed by atoms with van der Waals surface area (Å²) >= 11 is 0. The number of fused-ring (bicyclic) bond motifs is 1. The van der Waals surface area contributed by atoms with Crippen LogP contribution in [0.5, 0.6) is 0 Å². The van der Waals surface area contributed by atoms with Crippen LogP contribution in [0, 0.1) is 0 Å². The van der Waals surface area contributed by atoms with E-state index in [1.54, 1.807) is 0 Å². The second-order valence-electron chi connectivity index (χ2n) is 5.49. The molecule has 2 N–H and O–H groups in total. The van der Waals surface area contributed by atoms with Gasteiger partial charge in [-0.1, -0.05) is 6.92 Å². The smallest absolute Gasteiger partial charge is 0.225 e. The van der Waals surface area contributed by atoms with Crippen LogP contribution in [-0.4, -0.2) is 47.1 Å². The van der Waals surface area contributed by atoms with Crippen LogP contribution in [0.3, 0.4) is 0 Å². The fraction of sp³-hybridized carbons (Fsp3) is 0.714. The molecule has 1 fully saturated rings. The summed E-state index contributed by atoms with van der Waals surface area (Å²) in [5.41, 5.74) is 8.36. The summed E-state index contributed by atoms with van der Waals surface area (Å²) in [7, 11) is 0. The van der Waals surface area contributed by atoms with E-state index in [0.29, 0.717) is 12.6 Å². The van der Waals surface area contributed by atoms with E-state index in [9.17, 15) is 0 Å². The zero-order chi connectivity index (χ0) is 13.2. The molecule has 0 bridgehead atoms. The summed E-state index contributed by atoms with van der Waals surface area (Å²) in [4.78, 5) is 14.1. The molecule has 1 atom stereocenters. The van der Waals surface area contributed by atoms with Crippen molar-refractivity contribution in [2.75, 3.05) is 31.1 Å². The third kappa shape index (κ3) is 2.44. The Morgan fingerprint density at radius 2 is 2.32 bits per heavy atom. The highest BCUT2D eigenvalue weighted by Gasteiger charge is 2.26. The van der Waals surface area contributed by atoms with Crippen LogP contribution in [0.1, 0.15) is 31.0 Å². The predicted molar refractivity (Wildman–Crippen MR) is 76.1 cm³/mol. The molecule has 0 spiro atoms. The first-order valence-electron chi connectivity index (χ1n) is 7.35. The molecular weight excluding hydrogens is 238 g/mol. The topological polar surface area (TPSA) is 58.3 Å². The molecule has 0 amide bonds. The Labute approximate surface area is 114 Å². The number of nitrogens with zero attached hydrogens (tertiary/aromatic N) is 4. The first-order chi connectivity index (χ1) is 9.31. The van der Waals surface area contributed by atoms with Crippen LogP contribution in [0.15, 0.2) is 6.20 Å². The van der Waals surface area contributed by atoms with Crippen LogP contribution in [-0.2, 0) is 13.0 Å². The minimum atomic E-state index is 0.425. The average molecular weight is 261 g/mol. The minimum absolute atomic E-state index is 0.425. The number of hydrogen-bond acceptors (Lipinski definition) is 5. The standard InChI is InChI=1S/C14H23N5/c1-2-18-7-5-13-11(10-18)9-16-14(17-13)19-6-3-4-12(19)8-15/h9,12H,2-8,10,15H2,1H3. The zero-order valence-corrected chi connectivity index (χ0v) is 11.7. The highest BCUT2D eigenvalue weighted by Crippen LogP contribution is 2.24. The molecule has 1 aromatic heterocycles. The molecule has 0 aliphatic carbocycles. The Bertz CT molecular complexity index is 447. The molecule has 3 rings (SSSR count). The van der Waals surface area contributed by atoms with Gasteiger partial charge in [0.25, 0.3) is 0 Å². The van der Waals surface area contributed by atoms with Crippen molar-refractivity contribution in [1.29, 1.82) is 0 Å². The second kappa shape index (κ2) is 5.43. The van der Waals surface area contributed by atoms with Crippen molar-refractivity contribution in [3.63, 3.8) is 0 Å². The summed E-state index contributed by atoms with van der Waals surface area (Å²) in [6, 6.07) is 0.425. The summed E-state index contributed by atoms with van der Waals surface area (Å²) in [5.74, 6) is 0.886. The van der Waals surface area contributed by atoms with Crippen molar-refractivity contribution in [2.45, 2.75) is 38.8 Å². The molecule has 2 aliphatic heterocycles. The maximum Gasteiger partial charge on any atom is 0.225 e. The Morgan fingerprint density at radius 3 is 3.11 bits per heavy atom. The molecular formula is C14H23N5. The normalized spacial score (nSPS) is 23.7. The van der Waals surface area contributed by atoms with Gasteiger partial charge in [0, 0.05) is 50.4 Å². The van der Waals surface area contributed by atoms with Gasteiger partial charge in [0.2, 0.25) is 5.95 Å². The molecule has 0 saturated carbocycles. The quantitative estimate of drug-likeness (QED) is 0.871. The summed E-state index contributed by atoms with van der Waals surface area (Å²) in [5, 5.41) is 0. The lowest BCUT2D eigenvalue weighted by Gasteiger charge is -2.28. The first-order valence-corrected chi connectivity index (χ1v) is 7.35. The predicted octanol–water partition coefficient (Wildman–Crippen LogP) is 0.782. The SMILES string of the molecule is CCN1CCc2nc(N3CCCC3CN)ncc2C1. The Morgan fingerprint density at radius 1 is 1.42 bits per heavy atom. The van der Waals surface area contributed by atoms with Gasteiger partial charge in [-0.15, -0.1) is 0 Å². The van der Waals surface area contributed by atoms with E-state index in [2.05, 4.69) is 21.7 Å². The van der Waals surface area contributed by atoms with Crippen molar-refractivity contribution in [3.8, 4) is 0 Å². The molecule has 3 heterocycles. The van der Waals surface area contributed by atoms with Gasteiger partial charge in [-0.25, -0.2) is 9.97 Å². The van der Waals surface area contributed by atoms with Gasteiger partial charge in [-0.05, 0) is 19.4 Å². The number of nitrogens with two attached hydrogens (primary N) is 1. The fourth-order valence-corrected chi connectivity index (χ4v) is 3.12. The summed E-state index contributed by atoms with van der Waals surface area (Å²) in [6.07, 6.45) is 5.43. The molecule has 104 valence electrons. The van der Waals surface area contributed by atoms with Crippen molar-refractivity contribution >= 4 is 5.95 Å². The van der Waals surface area contributed by atoms with Crippen LogP contribution >= 0.6 is 0 Å². The van der Waals surface area contributed by atoms with Gasteiger partial charge in [-0.2, -0.15) is 0 Å². The lowest BCUT2D eigenvalue weighted by Crippen LogP contribution is -2.37. The van der Waals surface area contributed by atoms with E-state index in [0.717, 1.165) is 38.5 Å². The Kier molecular flexibility index (Phi) is 3.66. The number of aromatic nitrogens is 2. The van der Waals surface area contributed by atoms with Crippen molar-refractivity contribution in [3.05, 3.63) is 17.5 Å². The number of likely N-dealkylation sites (N-methyl/N-ethyl adjacent to an activating group) is 1. The number of rotatable bonds is 3. The van der Waals surface area contributed by atoms with E-state index in [1.807, 2.05) is 6.20 Å². The highest BCUT2D eigenvalue weighted by molar-refractivity contribution is 5.37. The van der Waals surface area contributed by atoms with E-state index < -0.39 is 0 Å². The van der Waals surface area contributed by atoms with Crippen LogP contribution in [0.25, 0.3) is 0 Å². The highest BCUT2D eigenvalue weighted by atomic mass is 15.3. The van der Waals surface area contributed by atoms with Gasteiger partial charge in [0.1, 0.15) is 0 Å². The molecule has 0 aromatic carbocycles. The molecule has 2 aliphatic rings. The largest absolute Gasteiger partial charge is 0.337 e. The number of anilines is 1. The van der Waals surface area contributed by atoms with Crippen LogP contribution < -0.4 is 10.6 Å². The lowest BCUT2D eigenvalue weighted by molar-refractivity contribution is 0.265. The van der Waals surface area contributed by atoms with Gasteiger partial charge < -0.3 is 10.6 Å². The molecule has 19 heavy (non-hydrogen) atoms. The first kappa shape index (κ1) is 12.8. The number of hydrogen-bond donors (Lipinski definition) is 1. The van der Waals surface area contributed by atoms with Crippen LogP contribution in [0.2, 0.25) is 0 Å². The zero-order valence-electron chi connectivity index (χ0n) is 11.7. The van der Waals surface area contributed by atoms with Crippen molar-refractivity contribution in [1.82, 2.24) is 14.9 Å². The summed E-state index contributed by atoms with van der Waals surface area (Å²) in [6.45, 7) is 7.15. The van der Waals surface area contributed by atoms with E-state index in [-0.39, 0.29) is 0 Å². The monoisotopic (exact) mass is 261 g/mol. The van der Waals surface area contributed by atoms with Crippen molar-refractivity contribution < 1.29 is 0 Å². The lowest BCUT2D eigenvalue weighted by atomic mass is 10.1. The van der Waals surface area contributed by atoms with Gasteiger partial charge in [0.05, 0.1) is 5.69 Å². The van der Waals surface area contributed by atoms with Crippen LogP contribution in [0.4, 0.5) is 5.95 Å². The molecule has 1 saturated heterocycles. The molecule has 5 nitrogen and oxygen atoms in total. The third-order valence-electron chi connectivity index (χ3n) is 4.35. The van der Waals surface area contributed by atoms with Gasteiger partial charge in [-0.3, -0.25) is 4.90 Å². The maximum atomic E-state index is 5.83. The Balaban J connectivity index is 1.82. The van der Waals surface area contributed by atoms with Crippen molar-refractivity contribution in [2.24, 2.45) is 5.73 Å². The maximum absolute atomic E-state index is 5.83. The molecule has 0 radical (unpaired) electrons. The van der Waals surface area contributed by atoms with E-state index in [4.69, 9.17) is 10.7 Å². The van der Waals surface area contributed by atoms with Gasteiger partial charge >= 0.3 is 0 Å². The second-order valence-corrected chi connectivity index (χ2v) is 5.49. The minimum Gasteiger partial charge on any atom is -0.337 e.